The average molecular weight is 427 g/mol. The Morgan fingerprint density at radius 1 is 0.833 bits per heavy atom. The Morgan fingerprint density at radius 2 is 1.57 bits per heavy atom. The zero-order chi connectivity index (χ0) is 21.7. The van der Waals surface area contributed by atoms with Crippen molar-refractivity contribution < 1.29 is 8.42 Å². The summed E-state index contributed by atoms with van der Waals surface area (Å²) < 4.78 is 28.0. The summed E-state index contributed by atoms with van der Waals surface area (Å²) >= 11 is 0. The number of hydrogen-bond acceptors (Lipinski definition) is 7. The molecule has 30 heavy (non-hydrogen) atoms. The Hall–Kier alpha value is -3.04. The van der Waals surface area contributed by atoms with Gasteiger partial charge in [0.1, 0.15) is 23.3 Å². The van der Waals surface area contributed by atoms with E-state index in [-0.39, 0.29) is 6.54 Å². The van der Waals surface area contributed by atoms with E-state index in [0.717, 1.165) is 16.7 Å². The molecule has 0 unspecified atom stereocenters. The van der Waals surface area contributed by atoms with Crippen LogP contribution in [0.15, 0.2) is 47.5 Å². The topological polar surface area (TPSA) is 109 Å². The second-order valence-electron chi connectivity index (χ2n) is 7.05. The van der Waals surface area contributed by atoms with E-state index < -0.39 is 10.0 Å². The highest BCUT2D eigenvalue weighted by atomic mass is 32.2. The van der Waals surface area contributed by atoms with E-state index in [2.05, 4.69) is 30.3 Å². The van der Waals surface area contributed by atoms with Crippen LogP contribution in [0.3, 0.4) is 0 Å². The molecular formula is C21H26N6O2S. The molecule has 0 amide bonds. The maximum absolute atomic E-state index is 12.7. The van der Waals surface area contributed by atoms with E-state index in [1.165, 1.54) is 0 Å². The van der Waals surface area contributed by atoms with E-state index >= 15 is 0 Å². The standard InChI is InChI=1S/C21H26N6O2S/c1-14-11-16(3)18(12-15(14)2)30(28,29)24-10-9-23-20-13-21(26-17(4)25-20)27-19-7-5-6-8-22-19/h5-8,11-13,24H,9-10H2,1-4H3,(H2,22,23,25,26,27). The van der Waals surface area contributed by atoms with E-state index in [4.69, 9.17) is 0 Å². The molecule has 1 aromatic carbocycles. The maximum atomic E-state index is 12.7. The second-order valence-corrected chi connectivity index (χ2v) is 8.79. The summed E-state index contributed by atoms with van der Waals surface area (Å²) in [4.78, 5) is 13.2. The molecule has 3 rings (SSSR count). The molecule has 0 aliphatic heterocycles. The zero-order valence-corrected chi connectivity index (χ0v) is 18.3. The Morgan fingerprint density at radius 3 is 2.30 bits per heavy atom. The number of rotatable bonds is 8. The number of anilines is 3. The van der Waals surface area contributed by atoms with Crippen molar-refractivity contribution in [1.29, 1.82) is 0 Å². The molecule has 0 saturated heterocycles. The summed E-state index contributed by atoms with van der Waals surface area (Å²) in [5.41, 5.74) is 2.75. The number of benzene rings is 1. The summed E-state index contributed by atoms with van der Waals surface area (Å²) in [6, 6.07) is 10.9. The number of pyridine rings is 1. The van der Waals surface area contributed by atoms with Gasteiger partial charge in [-0.05, 0) is 62.6 Å². The fourth-order valence-electron chi connectivity index (χ4n) is 2.97. The first-order valence-electron chi connectivity index (χ1n) is 9.60. The summed E-state index contributed by atoms with van der Waals surface area (Å²) in [6.45, 7) is 8.07. The smallest absolute Gasteiger partial charge is 0.240 e. The number of aryl methyl sites for hydroxylation is 4. The van der Waals surface area contributed by atoms with Gasteiger partial charge < -0.3 is 10.6 Å². The van der Waals surface area contributed by atoms with Crippen molar-refractivity contribution in [3.63, 3.8) is 0 Å². The average Bonchev–Trinajstić information content (AvgIpc) is 2.68. The van der Waals surface area contributed by atoms with Crippen LogP contribution in [0.5, 0.6) is 0 Å². The Bertz CT molecular complexity index is 1130. The third-order valence-electron chi connectivity index (χ3n) is 4.56. The molecule has 3 N–H and O–H groups in total. The van der Waals surface area contributed by atoms with Crippen LogP contribution in [-0.2, 0) is 10.0 Å². The molecule has 0 atom stereocenters. The molecule has 0 bridgehead atoms. The van der Waals surface area contributed by atoms with Gasteiger partial charge in [-0.1, -0.05) is 12.1 Å². The molecule has 0 spiro atoms. The lowest BCUT2D eigenvalue weighted by molar-refractivity contribution is 0.582. The fraction of sp³-hybridized carbons (Fsp3) is 0.286. The molecule has 0 aliphatic carbocycles. The SMILES string of the molecule is Cc1nc(NCCNS(=O)(=O)c2cc(C)c(C)cc2C)cc(Nc2ccccn2)n1. The second kappa shape index (κ2) is 9.19. The Balaban J connectivity index is 1.61. The zero-order valence-electron chi connectivity index (χ0n) is 17.5. The van der Waals surface area contributed by atoms with Gasteiger partial charge in [0.15, 0.2) is 0 Å². The first-order chi connectivity index (χ1) is 14.2. The molecule has 0 saturated carbocycles. The minimum Gasteiger partial charge on any atom is -0.369 e. The van der Waals surface area contributed by atoms with Gasteiger partial charge in [-0.3, -0.25) is 0 Å². The number of nitrogens with one attached hydrogen (secondary N) is 3. The largest absolute Gasteiger partial charge is 0.369 e. The summed E-state index contributed by atoms with van der Waals surface area (Å²) in [5.74, 6) is 2.47. The molecule has 3 aromatic rings. The normalized spacial score (nSPS) is 11.3. The highest BCUT2D eigenvalue weighted by Gasteiger charge is 2.17. The number of hydrogen-bond donors (Lipinski definition) is 3. The van der Waals surface area contributed by atoms with Crippen molar-refractivity contribution in [3.05, 3.63) is 65.1 Å². The van der Waals surface area contributed by atoms with Crippen LogP contribution in [0, 0.1) is 27.7 Å². The van der Waals surface area contributed by atoms with E-state index in [0.29, 0.717) is 34.7 Å². The number of sulfonamides is 1. The van der Waals surface area contributed by atoms with Crippen LogP contribution in [0.4, 0.5) is 17.5 Å². The Labute approximate surface area is 177 Å². The predicted molar refractivity (Wildman–Crippen MR) is 119 cm³/mol. The lowest BCUT2D eigenvalue weighted by Crippen LogP contribution is -2.29. The molecular weight excluding hydrogens is 400 g/mol. The molecule has 158 valence electrons. The van der Waals surface area contributed by atoms with Crippen LogP contribution >= 0.6 is 0 Å². The first-order valence-corrected chi connectivity index (χ1v) is 11.1. The molecule has 9 heteroatoms. The lowest BCUT2D eigenvalue weighted by Gasteiger charge is -2.13. The highest BCUT2D eigenvalue weighted by Crippen LogP contribution is 2.20. The molecule has 0 radical (unpaired) electrons. The van der Waals surface area contributed by atoms with E-state index in [1.54, 1.807) is 32.2 Å². The van der Waals surface area contributed by atoms with Gasteiger partial charge in [-0.15, -0.1) is 0 Å². The van der Waals surface area contributed by atoms with Crippen molar-refractivity contribution in [2.75, 3.05) is 23.7 Å². The third-order valence-corrected chi connectivity index (χ3v) is 6.17. The van der Waals surface area contributed by atoms with Crippen molar-refractivity contribution in [1.82, 2.24) is 19.7 Å². The van der Waals surface area contributed by atoms with Crippen LogP contribution in [0.25, 0.3) is 0 Å². The molecule has 2 heterocycles. The molecule has 8 nitrogen and oxygen atoms in total. The summed E-state index contributed by atoms with van der Waals surface area (Å²) in [7, 11) is -3.59. The van der Waals surface area contributed by atoms with E-state index in [9.17, 15) is 8.42 Å². The van der Waals surface area contributed by atoms with Gasteiger partial charge in [0.05, 0.1) is 4.90 Å². The van der Waals surface area contributed by atoms with E-state index in [1.807, 2.05) is 38.1 Å². The quantitative estimate of drug-likeness (QED) is 0.475. The number of nitrogens with zero attached hydrogens (tertiary/aromatic N) is 3. The number of aromatic nitrogens is 3. The summed E-state index contributed by atoms with van der Waals surface area (Å²) in [5, 5.41) is 6.26. The van der Waals surface area contributed by atoms with Crippen LogP contribution in [-0.4, -0.2) is 36.5 Å². The minimum absolute atomic E-state index is 0.223. The molecule has 2 aromatic heterocycles. The van der Waals surface area contributed by atoms with Gasteiger partial charge in [0.25, 0.3) is 0 Å². The van der Waals surface area contributed by atoms with Crippen molar-refractivity contribution in [3.8, 4) is 0 Å². The Kier molecular flexibility index (Phi) is 6.63. The third kappa shape index (κ3) is 5.52. The van der Waals surface area contributed by atoms with Crippen LogP contribution < -0.4 is 15.4 Å². The fourth-order valence-corrected chi connectivity index (χ4v) is 4.31. The van der Waals surface area contributed by atoms with Crippen molar-refractivity contribution >= 4 is 27.5 Å². The van der Waals surface area contributed by atoms with Gasteiger partial charge in [0.2, 0.25) is 10.0 Å². The lowest BCUT2D eigenvalue weighted by atomic mass is 10.1. The predicted octanol–water partition coefficient (Wildman–Crippen LogP) is 3.24. The molecule has 0 fully saturated rings. The van der Waals surface area contributed by atoms with Crippen molar-refractivity contribution in [2.45, 2.75) is 32.6 Å². The highest BCUT2D eigenvalue weighted by molar-refractivity contribution is 7.89. The van der Waals surface area contributed by atoms with Crippen LogP contribution in [0.1, 0.15) is 22.5 Å². The van der Waals surface area contributed by atoms with Gasteiger partial charge in [-0.2, -0.15) is 0 Å². The van der Waals surface area contributed by atoms with Gasteiger partial charge >= 0.3 is 0 Å². The van der Waals surface area contributed by atoms with Crippen LogP contribution in [0.2, 0.25) is 0 Å². The van der Waals surface area contributed by atoms with Gasteiger partial charge in [0, 0.05) is 25.4 Å². The molecule has 0 aliphatic rings. The van der Waals surface area contributed by atoms with Gasteiger partial charge in [-0.25, -0.2) is 28.1 Å². The minimum atomic E-state index is -3.59. The summed E-state index contributed by atoms with van der Waals surface area (Å²) in [6.07, 6.45) is 1.69. The monoisotopic (exact) mass is 426 g/mol. The maximum Gasteiger partial charge on any atom is 0.240 e. The van der Waals surface area contributed by atoms with Crippen molar-refractivity contribution in [2.24, 2.45) is 0 Å². The first kappa shape index (κ1) is 21.7.